The molecule has 1 N–H and O–H groups in total. The Kier molecular flexibility index (Phi) is 4.76. The molecule has 0 aliphatic carbocycles. The van der Waals surface area contributed by atoms with Crippen LogP contribution in [0.5, 0.6) is 0 Å². The Morgan fingerprint density at radius 3 is 2.95 bits per heavy atom. The van der Waals surface area contributed by atoms with Crippen LogP contribution in [0.2, 0.25) is 4.34 Å². The zero-order chi connectivity index (χ0) is 13.7. The molecule has 0 saturated heterocycles. The highest BCUT2D eigenvalue weighted by Gasteiger charge is 2.09. The predicted octanol–water partition coefficient (Wildman–Crippen LogP) is 3.14. The molecule has 0 bridgehead atoms. The van der Waals surface area contributed by atoms with Crippen molar-refractivity contribution >= 4 is 29.0 Å². The van der Waals surface area contributed by atoms with Crippen molar-refractivity contribution in [1.29, 1.82) is 0 Å². The Bertz CT molecular complexity index is 544. The summed E-state index contributed by atoms with van der Waals surface area (Å²) in [5.41, 5.74) is 0.975. The molecule has 0 aromatic carbocycles. The number of carbonyl (C=O) groups is 1. The van der Waals surface area contributed by atoms with Crippen molar-refractivity contribution in [3.8, 4) is 0 Å². The second-order valence-corrected chi connectivity index (χ2v) is 5.88. The fourth-order valence-corrected chi connectivity index (χ4v) is 2.70. The van der Waals surface area contributed by atoms with E-state index in [9.17, 15) is 4.79 Å². The summed E-state index contributed by atoms with van der Waals surface area (Å²) in [6.07, 6.45) is 3.44. The number of hydrogen-bond acceptors (Lipinski definition) is 3. The van der Waals surface area contributed by atoms with Crippen LogP contribution in [0, 0.1) is 0 Å². The number of thiophene rings is 1. The second kappa shape index (κ2) is 6.54. The Morgan fingerprint density at radius 2 is 2.32 bits per heavy atom. The van der Waals surface area contributed by atoms with E-state index in [4.69, 9.17) is 11.6 Å². The first-order chi connectivity index (χ1) is 9.15. The average molecular weight is 296 g/mol. The lowest BCUT2D eigenvalue weighted by atomic mass is 10.3. The SMILES string of the molecule is CN(Cc1ccc(Cl)s1)C(=O)NCc1cccnc1. The molecule has 6 heteroatoms. The Hall–Kier alpha value is -1.59. The number of amides is 2. The highest BCUT2D eigenvalue weighted by atomic mass is 35.5. The van der Waals surface area contributed by atoms with Crippen molar-refractivity contribution in [2.45, 2.75) is 13.1 Å². The molecular formula is C13H14ClN3OS. The van der Waals surface area contributed by atoms with Gasteiger partial charge in [0.25, 0.3) is 0 Å². The molecular weight excluding hydrogens is 282 g/mol. The summed E-state index contributed by atoms with van der Waals surface area (Å²) in [6, 6.07) is 7.42. The van der Waals surface area contributed by atoms with Crippen LogP contribution in [0.1, 0.15) is 10.4 Å². The van der Waals surface area contributed by atoms with E-state index in [-0.39, 0.29) is 6.03 Å². The van der Waals surface area contributed by atoms with Crippen molar-refractivity contribution in [3.63, 3.8) is 0 Å². The fourth-order valence-electron chi connectivity index (χ4n) is 1.56. The topological polar surface area (TPSA) is 45.2 Å². The van der Waals surface area contributed by atoms with Crippen molar-refractivity contribution in [1.82, 2.24) is 15.2 Å². The molecule has 19 heavy (non-hydrogen) atoms. The number of nitrogens with one attached hydrogen (secondary N) is 1. The molecule has 0 unspecified atom stereocenters. The van der Waals surface area contributed by atoms with Crippen LogP contribution < -0.4 is 5.32 Å². The van der Waals surface area contributed by atoms with Gasteiger partial charge in [0.2, 0.25) is 0 Å². The Labute approximate surface area is 121 Å². The summed E-state index contributed by atoms with van der Waals surface area (Å²) in [4.78, 5) is 18.6. The van der Waals surface area contributed by atoms with Crippen LogP contribution in [-0.4, -0.2) is 23.0 Å². The third-order valence-electron chi connectivity index (χ3n) is 2.54. The maximum absolute atomic E-state index is 11.9. The first-order valence-corrected chi connectivity index (χ1v) is 6.96. The van der Waals surface area contributed by atoms with E-state index in [1.165, 1.54) is 11.3 Å². The largest absolute Gasteiger partial charge is 0.334 e. The van der Waals surface area contributed by atoms with Crippen LogP contribution in [0.15, 0.2) is 36.7 Å². The molecule has 0 atom stereocenters. The lowest BCUT2D eigenvalue weighted by Gasteiger charge is -2.17. The summed E-state index contributed by atoms with van der Waals surface area (Å²) >= 11 is 7.34. The third kappa shape index (κ3) is 4.22. The standard InChI is InChI=1S/C13H14ClN3OS/c1-17(9-11-4-5-12(14)19-11)13(18)16-8-10-3-2-6-15-7-10/h2-7H,8-9H2,1H3,(H,16,18). The van der Waals surface area contributed by atoms with Crippen molar-refractivity contribution in [3.05, 3.63) is 51.4 Å². The zero-order valence-electron chi connectivity index (χ0n) is 10.5. The molecule has 2 heterocycles. The Balaban J connectivity index is 1.82. The maximum Gasteiger partial charge on any atom is 0.317 e. The minimum atomic E-state index is -0.117. The van der Waals surface area contributed by atoms with E-state index in [1.54, 1.807) is 24.3 Å². The number of pyridine rings is 1. The molecule has 2 aromatic rings. The molecule has 0 aliphatic rings. The van der Waals surface area contributed by atoms with Crippen molar-refractivity contribution in [2.24, 2.45) is 0 Å². The molecule has 0 spiro atoms. The van der Waals surface area contributed by atoms with Crippen molar-refractivity contribution < 1.29 is 4.79 Å². The van der Waals surface area contributed by atoms with Gasteiger partial charge >= 0.3 is 6.03 Å². The third-order valence-corrected chi connectivity index (χ3v) is 3.75. The molecule has 2 rings (SSSR count). The lowest BCUT2D eigenvalue weighted by molar-refractivity contribution is 0.207. The van der Waals surface area contributed by atoms with Crippen molar-refractivity contribution in [2.75, 3.05) is 7.05 Å². The molecule has 2 aromatic heterocycles. The molecule has 100 valence electrons. The minimum Gasteiger partial charge on any atom is -0.334 e. The van der Waals surface area contributed by atoms with Gasteiger partial charge in [-0.05, 0) is 23.8 Å². The van der Waals surface area contributed by atoms with E-state index < -0.39 is 0 Å². The molecule has 0 fully saturated rings. The summed E-state index contributed by atoms with van der Waals surface area (Å²) in [5.74, 6) is 0. The highest BCUT2D eigenvalue weighted by Crippen LogP contribution is 2.22. The first kappa shape index (κ1) is 13.8. The summed E-state index contributed by atoms with van der Waals surface area (Å²) < 4.78 is 0.735. The van der Waals surface area contributed by atoms with Gasteiger partial charge in [-0.3, -0.25) is 4.98 Å². The smallest absolute Gasteiger partial charge is 0.317 e. The quantitative estimate of drug-likeness (QED) is 0.942. The van der Waals surface area contributed by atoms with E-state index in [1.807, 2.05) is 24.3 Å². The van der Waals surface area contributed by atoms with Gasteiger partial charge in [-0.2, -0.15) is 0 Å². The summed E-state index contributed by atoms with van der Waals surface area (Å²) in [5, 5.41) is 2.84. The first-order valence-electron chi connectivity index (χ1n) is 5.77. The van der Waals surface area contributed by atoms with Crippen LogP contribution in [0.3, 0.4) is 0 Å². The Morgan fingerprint density at radius 1 is 1.47 bits per heavy atom. The van der Waals surface area contributed by atoms with Gasteiger partial charge in [-0.15, -0.1) is 11.3 Å². The number of carbonyl (C=O) groups excluding carboxylic acids is 1. The summed E-state index contributed by atoms with van der Waals surface area (Å²) in [6.45, 7) is 1.03. The molecule has 0 aliphatic heterocycles. The van der Waals surface area contributed by atoms with Crippen LogP contribution in [0.4, 0.5) is 4.79 Å². The number of aromatic nitrogens is 1. The number of halogens is 1. The van der Waals surface area contributed by atoms with Crippen LogP contribution in [0.25, 0.3) is 0 Å². The summed E-state index contributed by atoms with van der Waals surface area (Å²) in [7, 11) is 1.76. The predicted molar refractivity (Wildman–Crippen MR) is 77.3 cm³/mol. The molecule has 4 nitrogen and oxygen atoms in total. The van der Waals surface area contributed by atoms with Gasteiger partial charge in [0, 0.05) is 30.9 Å². The maximum atomic E-state index is 11.9. The molecule has 2 amide bonds. The number of urea groups is 1. The van der Waals surface area contributed by atoms with Gasteiger partial charge in [-0.25, -0.2) is 4.79 Å². The molecule has 0 saturated carbocycles. The van der Waals surface area contributed by atoms with E-state index >= 15 is 0 Å². The second-order valence-electron chi connectivity index (χ2n) is 4.08. The highest BCUT2D eigenvalue weighted by molar-refractivity contribution is 7.16. The zero-order valence-corrected chi connectivity index (χ0v) is 12.0. The van der Waals surface area contributed by atoms with Gasteiger partial charge < -0.3 is 10.2 Å². The van der Waals surface area contributed by atoms with E-state index in [0.29, 0.717) is 13.1 Å². The van der Waals surface area contributed by atoms with Gasteiger partial charge in [0.1, 0.15) is 0 Å². The number of rotatable bonds is 4. The van der Waals surface area contributed by atoms with Gasteiger partial charge in [0.15, 0.2) is 0 Å². The van der Waals surface area contributed by atoms with E-state index in [2.05, 4.69) is 10.3 Å². The normalized spacial score (nSPS) is 10.2. The van der Waals surface area contributed by atoms with Gasteiger partial charge in [-0.1, -0.05) is 17.7 Å². The minimum absolute atomic E-state index is 0.117. The molecule has 0 radical (unpaired) electrons. The van der Waals surface area contributed by atoms with Gasteiger partial charge in [0.05, 0.1) is 10.9 Å². The number of nitrogens with zero attached hydrogens (tertiary/aromatic N) is 2. The monoisotopic (exact) mass is 295 g/mol. The number of hydrogen-bond donors (Lipinski definition) is 1. The lowest BCUT2D eigenvalue weighted by Crippen LogP contribution is -2.36. The average Bonchev–Trinajstić information content (AvgIpc) is 2.82. The van der Waals surface area contributed by atoms with E-state index in [0.717, 1.165) is 14.8 Å². The van der Waals surface area contributed by atoms with Crippen LogP contribution >= 0.6 is 22.9 Å². The fraction of sp³-hybridized carbons (Fsp3) is 0.231. The van der Waals surface area contributed by atoms with Crippen LogP contribution in [-0.2, 0) is 13.1 Å².